The van der Waals surface area contributed by atoms with Crippen molar-refractivity contribution in [2.24, 2.45) is 5.92 Å². The van der Waals surface area contributed by atoms with Crippen LogP contribution in [0.15, 0.2) is 90.1 Å². The Hall–Kier alpha value is -3.95. The molecule has 1 aromatic heterocycles. The Morgan fingerprint density at radius 1 is 1.03 bits per heavy atom. The fourth-order valence-corrected chi connectivity index (χ4v) is 7.72. The van der Waals surface area contributed by atoms with Crippen LogP contribution in [-0.4, -0.2) is 37.0 Å². The number of fused-ring (bicyclic) bond motifs is 1. The summed E-state index contributed by atoms with van der Waals surface area (Å²) in [5, 5.41) is 11.4. The van der Waals surface area contributed by atoms with Crippen LogP contribution >= 0.6 is 0 Å². The molecule has 2 aliphatic rings. The van der Waals surface area contributed by atoms with E-state index in [-0.39, 0.29) is 29.1 Å². The Kier molecular flexibility index (Phi) is 6.08. The van der Waals surface area contributed by atoms with Gasteiger partial charge in [-0.2, -0.15) is 4.31 Å². The lowest BCUT2D eigenvalue weighted by molar-refractivity contribution is 0.420. The minimum Gasteiger partial charge on any atom is -0.355 e. The van der Waals surface area contributed by atoms with Crippen LogP contribution in [0.2, 0.25) is 0 Å². The molecule has 2 fully saturated rings. The van der Waals surface area contributed by atoms with E-state index >= 15 is 0 Å². The quantitative estimate of drug-likeness (QED) is 0.290. The van der Waals surface area contributed by atoms with Crippen LogP contribution in [0.4, 0.5) is 20.2 Å². The normalized spacial score (nSPS) is 22.3. The fraction of sp³-hybridized carbons (Fsp3) is 0.200. The van der Waals surface area contributed by atoms with Gasteiger partial charge >= 0.3 is 0 Å². The largest absolute Gasteiger partial charge is 0.355 e. The van der Waals surface area contributed by atoms with Crippen molar-refractivity contribution < 1.29 is 17.2 Å². The second-order valence-electron chi connectivity index (χ2n) is 10.2. The summed E-state index contributed by atoms with van der Waals surface area (Å²) in [7, 11) is -3.95. The summed E-state index contributed by atoms with van der Waals surface area (Å²) in [6.45, 7) is 2.52. The number of hydrogen-bond donors (Lipinski definition) is 2. The number of halogens is 2. The minimum absolute atomic E-state index is 0.0179. The van der Waals surface area contributed by atoms with Crippen molar-refractivity contribution in [3.8, 4) is 0 Å². The SMILES string of the molecule is Cc1cc(Nc2ccc(F)cc2)c(C=N)cc1[C@@]12CN(S(=O)(=O)c3cncc(F)c3)C[C@@H]1[C@H]2c1ccccc1. The maximum absolute atomic E-state index is 13.9. The Balaban J connectivity index is 1.41. The first-order valence-electron chi connectivity index (χ1n) is 12.6. The molecule has 198 valence electrons. The molecule has 1 aliphatic carbocycles. The fourth-order valence-electron chi connectivity index (χ4n) is 6.23. The molecular formula is C30H26F2N4O2S. The van der Waals surface area contributed by atoms with Crippen LogP contribution < -0.4 is 5.32 Å². The van der Waals surface area contributed by atoms with E-state index in [4.69, 9.17) is 5.41 Å². The van der Waals surface area contributed by atoms with Gasteiger partial charge in [-0.3, -0.25) is 4.98 Å². The number of aromatic nitrogens is 1. The predicted molar refractivity (Wildman–Crippen MR) is 146 cm³/mol. The van der Waals surface area contributed by atoms with Gasteiger partial charge in [0.25, 0.3) is 0 Å². The molecule has 0 bridgehead atoms. The van der Waals surface area contributed by atoms with Gasteiger partial charge in [0, 0.05) is 53.8 Å². The van der Waals surface area contributed by atoms with E-state index in [2.05, 4.69) is 22.4 Å². The topological polar surface area (TPSA) is 86.2 Å². The molecule has 0 spiro atoms. The van der Waals surface area contributed by atoms with Gasteiger partial charge < -0.3 is 10.7 Å². The molecule has 39 heavy (non-hydrogen) atoms. The van der Waals surface area contributed by atoms with Gasteiger partial charge in [0.2, 0.25) is 10.0 Å². The monoisotopic (exact) mass is 544 g/mol. The third kappa shape index (κ3) is 4.22. The maximum Gasteiger partial charge on any atom is 0.244 e. The third-order valence-electron chi connectivity index (χ3n) is 8.00. The number of pyridine rings is 1. The molecule has 4 aromatic rings. The number of rotatable bonds is 7. The Labute approximate surface area is 225 Å². The molecular weight excluding hydrogens is 518 g/mol. The molecule has 1 saturated carbocycles. The zero-order valence-electron chi connectivity index (χ0n) is 21.1. The van der Waals surface area contributed by atoms with Crippen molar-refractivity contribution in [1.82, 2.24) is 9.29 Å². The van der Waals surface area contributed by atoms with Gasteiger partial charge in [-0.05, 0) is 72.0 Å². The summed E-state index contributed by atoms with van der Waals surface area (Å²) in [5.41, 5.74) is 4.62. The smallest absolute Gasteiger partial charge is 0.244 e. The number of nitrogens with one attached hydrogen (secondary N) is 2. The number of benzene rings is 3. The lowest BCUT2D eigenvalue weighted by Gasteiger charge is -2.26. The van der Waals surface area contributed by atoms with Crippen molar-refractivity contribution >= 4 is 27.6 Å². The van der Waals surface area contributed by atoms with Gasteiger partial charge in [0.05, 0.1) is 6.20 Å². The number of nitrogens with zero attached hydrogens (tertiary/aromatic N) is 2. The van der Waals surface area contributed by atoms with E-state index in [1.807, 2.05) is 37.3 Å². The second kappa shape index (κ2) is 9.36. The molecule has 0 amide bonds. The average Bonchev–Trinajstić information content (AvgIpc) is 3.38. The molecule has 1 saturated heterocycles. The van der Waals surface area contributed by atoms with Crippen LogP contribution in [0.5, 0.6) is 0 Å². The highest BCUT2D eigenvalue weighted by Crippen LogP contribution is 2.70. The highest BCUT2D eigenvalue weighted by atomic mass is 32.2. The van der Waals surface area contributed by atoms with Gasteiger partial charge in [-0.25, -0.2) is 17.2 Å². The highest BCUT2D eigenvalue weighted by molar-refractivity contribution is 7.89. The van der Waals surface area contributed by atoms with E-state index < -0.39 is 21.3 Å². The molecule has 6 nitrogen and oxygen atoms in total. The van der Waals surface area contributed by atoms with Gasteiger partial charge in [-0.1, -0.05) is 30.3 Å². The summed E-state index contributed by atoms with van der Waals surface area (Å²) in [5.74, 6) is -0.915. The number of aryl methyl sites for hydroxylation is 1. The first kappa shape index (κ1) is 25.3. The molecule has 3 aromatic carbocycles. The van der Waals surface area contributed by atoms with E-state index in [9.17, 15) is 17.2 Å². The van der Waals surface area contributed by atoms with Crippen molar-refractivity contribution in [2.45, 2.75) is 23.2 Å². The van der Waals surface area contributed by atoms with Crippen molar-refractivity contribution in [2.75, 3.05) is 18.4 Å². The lowest BCUT2D eigenvalue weighted by atomic mass is 9.86. The zero-order valence-corrected chi connectivity index (χ0v) is 21.9. The highest BCUT2D eigenvalue weighted by Gasteiger charge is 2.71. The number of hydrogen-bond acceptors (Lipinski definition) is 5. The Bertz CT molecular complexity index is 1680. The lowest BCUT2D eigenvalue weighted by Crippen LogP contribution is -2.34. The third-order valence-corrected chi connectivity index (χ3v) is 9.78. The van der Waals surface area contributed by atoms with Gasteiger partial charge in [-0.15, -0.1) is 0 Å². The van der Waals surface area contributed by atoms with Crippen LogP contribution in [0, 0.1) is 29.9 Å². The van der Waals surface area contributed by atoms with Gasteiger partial charge in [0.1, 0.15) is 16.5 Å². The number of piperidine rings is 1. The van der Waals surface area contributed by atoms with Crippen molar-refractivity contribution in [1.29, 1.82) is 5.41 Å². The number of anilines is 2. The zero-order chi connectivity index (χ0) is 27.4. The van der Waals surface area contributed by atoms with E-state index in [1.165, 1.54) is 28.8 Å². The van der Waals surface area contributed by atoms with Crippen LogP contribution in [0.25, 0.3) is 0 Å². The molecule has 2 N–H and O–H groups in total. The summed E-state index contributed by atoms with van der Waals surface area (Å²) in [4.78, 5) is 3.58. The average molecular weight is 545 g/mol. The molecule has 3 atom stereocenters. The van der Waals surface area contributed by atoms with Gasteiger partial charge in [0.15, 0.2) is 0 Å². The summed E-state index contributed by atoms with van der Waals surface area (Å²) in [6, 6.07) is 21.0. The van der Waals surface area contributed by atoms with E-state index in [0.29, 0.717) is 23.5 Å². The molecule has 0 radical (unpaired) electrons. The molecule has 1 aliphatic heterocycles. The maximum atomic E-state index is 13.9. The Morgan fingerprint density at radius 2 is 1.77 bits per heavy atom. The predicted octanol–water partition coefficient (Wildman–Crippen LogP) is 5.77. The summed E-state index contributed by atoms with van der Waals surface area (Å²) < 4.78 is 55.7. The second-order valence-corrected chi connectivity index (χ2v) is 12.1. The van der Waals surface area contributed by atoms with Crippen molar-refractivity contribution in [3.63, 3.8) is 0 Å². The standard InChI is InChI=1S/C30H26F2N4O2S/c1-19-11-28(35-24-9-7-22(31)8-10-24)21(14-33)12-26(19)30-18-36(39(37,38)25-13-23(32)15-34-16-25)17-27(30)29(30)20-5-3-2-4-6-20/h2-16,27,29,33,35H,17-18H2,1H3/t27-,29-,30+/m1/s1. The first-order valence-corrected chi connectivity index (χ1v) is 14.0. The molecule has 2 heterocycles. The summed E-state index contributed by atoms with van der Waals surface area (Å²) in [6.07, 6.45) is 3.43. The molecule has 6 rings (SSSR count). The molecule has 0 unspecified atom stereocenters. The van der Waals surface area contributed by atoms with Crippen LogP contribution in [0.1, 0.15) is 28.2 Å². The Morgan fingerprint density at radius 3 is 2.46 bits per heavy atom. The van der Waals surface area contributed by atoms with Crippen LogP contribution in [-0.2, 0) is 15.4 Å². The van der Waals surface area contributed by atoms with Crippen LogP contribution in [0.3, 0.4) is 0 Å². The number of sulfonamides is 1. The summed E-state index contributed by atoms with van der Waals surface area (Å²) >= 11 is 0. The first-order chi connectivity index (χ1) is 18.7. The minimum atomic E-state index is -3.95. The van der Waals surface area contributed by atoms with E-state index in [0.717, 1.165) is 29.0 Å². The van der Waals surface area contributed by atoms with E-state index in [1.54, 1.807) is 12.1 Å². The molecule has 9 heteroatoms. The van der Waals surface area contributed by atoms with Crippen molar-refractivity contribution in [3.05, 3.63) is 119 Å².